The second-order valence-corrected chi connectivity index (χ2v) is 7.68. The molecule has 20 heavy (non-hydrogen) atoms. The molecule has 3 rings (SSSR count). The summed E-state index contributed by atoms with van der Waals surface area (Å²) in [6.07, 6.45) is 3.43. The summed E-state index contributed by atoms with van der Waals surface area (Å²) in [4.78, 5) is 2.48. The predicted octanol–water partition coefficient (Wildman–Crippen LogP) is 2.63. The molecule has 1 unspecified atom stereocenters. The lowest BCUT2D eigenvalue weighted by Gasteiger charge is -2.33. The van der Waals surface area contributed by atoms with E-state index in [0.717, 1.165) is 36.8 Å². The van der Waals surface area contributed by atoms with Crippen LogP contribution in [0.3, 0.4) is 0 Å². The summed E-state index contributed by atoms with van der Waals surface area (Å²) in [5, 5.41) is 0.993. The van der Waals surface area contributed by atoms with E-state index in [4.69, 9.17) is 0 Å². The van der Waals surface area contributed by atoms with Gasteiger partial charge in [0.2, 0.25) is 0 Å². The highest BCUT2D eigenvalue weighted by atomic mass is 79.9. The van der Waals surface area contributed by atoms with Crippen LogP contribution < -0.4 is 0 Å². The first-order valence-electron chi connectivity index (χ1n) is 6.87. The van der Waals surface area contributed by atoms with Crippen molar-refractivity contribution >= 4 is 31.8 Å². The van der Waals surface area contributed by atoms with Crippen molar-refractivity contribution in [1.29, 1.82) is 0 Å². The van der Waals surface area contributed by atoms with Crippen molar-refractivity contribution in [2.75, 3.05) is 18.4 Å². The highest BCUT2D eigenvalue weighted by molar-refractivity contribution is 9.09. The Balaban J connectivity index is 1.91. The summed E-state index contributed by atoms with van der Waals surface area (Å²) < 4.78 is 28.2. The first kappa shape index (κ1) is 14.1. The third kappa shape index (κ3) is 2.51. The number of halogens is 1. The summed E-state index contributed by atoms with van der Waals surface area (Å²) in [6, 6.07) is 7.11. The molecule has 2 aliphatic heterocycles. The minimum Gasteiger partial charge on any atom is -0.355 e. The van der Waals surface area contributed by atoms with E-state index in [2.05, 4.69) is 25.2 Å². The molecule has 0 aliphatic carbocycles. The molecule has 0 bridgehead atoms. The Bertz CT molecular complexity index is 640. The number of likely N-dealkylation sites (tertiary alicyclic amines) is 1. The molecule has 0 radical (unpaired) electrons. The lowest BCUT2D eigenvalue weighted by atomic mass is 9.95. The number of benzene rings is 1. The zero-order chi connectivity index (χ0) is 14.2. The van der Waals surface area contributed by atoms with Crippen molar-refractivity contribution in [3.63, 3.8) is 0 Å². The van der Waals surface area contributed by atoms with E-state index in [1.165, 1.54) is 6.42 Å². The summed E-state index contributed by atoms with van der Waals surface area (Å²) in [6.45, 7) is 1.79. The number of amidine groups is 1. The minimum absolute atomic E-state index is 0.345. The van der Waals surface area contributed by atoms with E-state index >= 15 is 0 Å². The first-order valence-corrected chi connectivity index (χ1v) is 9.43. The number of hydrogen-bond acceptors (Lipinski definition) is 3. The molecule has 0 amide bonds. The summed E-state index contributed by atoms with van der Waals surface area (Å²) in [5.41, 5.74) is 0.756. The Labute approximate surface area is 128 Å². The van der Waals surface area contributed by atoms with Crippen LogP contribution in [-0.4, -0.2) is 37.6 Å². The summed E-state index contributed by atoms with van der Waals surface area (Å²) in [5.74, 6) is 1.25. The van der Waals surface area contributed by atoms with Gasteiger partial charge in [0.1, 0.15) is 4.90 Å². The molecule has 1 saturated heterocycles. The third-order valence-corrected chi connectivity index (χ3v) is 5.73. The van der Waals surface area contributed by atoms with Crippen molar-refractivity contribution < 1.29 is 8.42 Å². The normalized spacial score (nSPS) is 24.4. The molecule has 1 fully saturated rings. The van der Waals surface area contributed by atoms with Crippen LogP contribution in [0.4, 0.5) is 0 Å². The number of piperidine rings is 1. The number of sulfonamides is 1. The quantitative estimate of drug-likeness (QED) is 0.765. The molecular weight excluding hydrogens is 340 g/mol. The fraction of sp³-hybridized carbons (Fsp3) is 0.500. The van der Waals surface area contributed by atoms with Crippen molar-refractivity contribution in [3.8, 4) is 0 Å². The van der Waals surface area contributed by atoms with Gasteiger partial charge in [-0.15, -0.1) is 4.40 Å². The van der Waals surface area contributed by atoms with E-state index in [1.807, 2.05) is 12.1 Å². The second-order valence-electron chi connectivity index (χ2n) is 5.32. The highest BCUT2D eigenvalue weighted by Crippen LogP contribution is 2.30. The Kier molecular flexibility index (Phi) is 3.86. The first-order chi connectivity index (χ1) is 9.62. The largest absolute Gasteiger partial charge is 0.355 e. The van der Waals surface area contributed by atoms with E-state index in [9.17, 15) is 8.42 Å². The molecule has 108 valence electrons. The van der Waals surface area contributed by atoms with Gasteiger partial charge in [0, 0.05) is 24.0 Å². The van der Waals surface area contributed by atoms with E-state index in [-0.39, 0.29) is 0 Å². The minimum atomic E-state index is -3.50. The van der Waals surface area contributed by atoms with Gasteiger partial charge in [-0.2, -0.15) is 8.42 Å². The Morgan fingerprint density at radius 3 is 2.95 bits per heavy atom. The highest BCUT2D eigenvalue weighted by Gasteiger charge is 2.33. The van der Waals surface area contributed by atoms with Crippen LogP contribution in [0.1, 0.15) is 24.8 Å². The van der Waals surface area contributed by atoms with Crippen molar-refractivity contribution in [2.45, 2.75) is 24.2 Å². The maximum atomic E-state index is 12.1. The van der Waals surface area contributed by atoms with Gasteiger partial charge in [0.15, 0.2) is 5.84 Å². The van der Waals surface area contributed by atoms with Crippen LogP contribution in [0, 0.1) is 5.92 Å². The Morgan fingerprint density at radius 1 is 1.35 bits per heavy atom. The summed E-state index contributed by atoms with van der Waals surface area (Å²) >= 11 is 3.49. The molecule has 2 aliphatic rings. The molecule has 2 heterocycles. The summed E-state index contributed by atoms with van der Waals surface area (Å²) in [7, 11) is -3.50. The smallest absolute Gasteiger partial charge is 0.285 e. The zero-order valence-electron chi connectivity index (χ0n) is 11.1. The van der Waals surface area contributed by atoms with Crippen LogP contribution >= 0.6 is 15.9 Å². The molecule has 0 spiro atoms. The van der Waals surface area contributed by atoms with Gasteiger partial charge in [-0.3, -0.25) is 0 Å². The average Bonchev–Trinajstić information content (AvgIpc) is 2.72. The molecule has 0 N–H and O–H groups in total. The van der Waals surface area contributed by atoms with Gasteiger partial charge in [0.05, 0.1) is 0 Å². The van der Waals surface area contributed by atoms with Gasteiger partial charge < -0.3 is 4.90 Å². The SMILES string of the molecule is O=S1(=O)N=C(N2CCCC(CCBr)C2)c2ccccc21. The van der Waals surface area contributed by atoms with Gasteiger partial charge in [-0.1, -0.05) is 28.1 Å². The van der Waals surface area contributed by atoms with E-state index in [0.29, 0.717) is 16.6 Å². The topological polar surface area (TPSA) is 49.7 Å². The van der Waals surface area contributed by atoms with Gasteiger partial charge in [0.25, 0.3) is 10.0 Å². The molecule has 6 heteroatoms. The monoisotopic (exact) mass is 356 g/mol. The Hall–Kier alpha value is -0.880. The van der Waals surface area contributed by atoms with E-state index < -0.39 is 10.0 Å². The fourth-order valence-electron chi connectivity index (χ4n) is 2.96. The fourth-order valence-corrected chi connectivity index (χ4v) is 4.84. The second kappa shape index (κ2) is 5.48. The lowest BCUT2D eigenvalue weighted by molar-refractivity contribution is 0.255. The maximum absolute atomic E-state index is 12.1. The van der Waals surface area contributed by atoms with Gasteiger partial charge >= 0.3 is 0 Å². The van der Waals surface area contributed by atoms with Crippen LogP contribution in [0.15, 0.2) is 33.6 Å². The molecule has 0 aromatic heterocycles. The van der Waals surface area contributed by atoms with Crippen molar-refractivity contribution in [3.05, 3.63) is 29.8 Å². The predicted molar refractivity (Wildman–Crippen MR) is 82.9 cm³/mol. The standard InChI is InChI=1S/C14H17BrN2O2S/c15-8-7-11-4-3-9-17(10-11)14-12-5-1-2-6-13(12)20(18,19)16-14/h1-2,5-6,11H,3-4,7-10H2. The average molecular weight is 357 g/mol. The van der Waals surface area contributed by atoms with Gasteiger partial charge in [-0.05, 0) is 37.3 Å². The van der Waals surface area contributed by atoms with Crippen molar-refractivity contribution in [2.24, 2.45) is 10.3 Å². The van der Waals surface area contributed by atoms with Crippen molar-refractivity contribution in [1.82, 2.24) is 4.90 Å². The third-order valence-electron chi connectivity index (χ3n) is 3.95. The number of hydrogen-bond donors (Lipinski definition) is 0. The number of fused-ring (bicyclic) bond motifs is 1. The maximum Gasteiger partial charge on any atom is 0.285 e. The molecule has 1 atom stereocenters. The Morgan fingerprint density at radius 2 is 2.15 bits per heavy atom. The lowest BCUT2D eigenvalue weighted by Crippen LogP contribution is -2.40. The molecule has 1 aromatic rings. The van der Waals surface area contributed by atoms with Crippen LogP contribution in [0.2, 0.25) is 0 Å². The van der Waals surface area contributed by atoms with Crippen LogP contribution in [0.5, 0.6) is 0 Å². The number of alkyl halides is 1. The van der Waals surface area contributed by atoms with Crippen LogP contribution in [-0.2, 0) is 10.0 Å². The van der Waals surface area contributed by atoms with Crippen LogP contribution in [0.25, 0.3) is 0 Å². The molecule has 0 saturated carbocycles. The number of nitrogens with zero attached hydrogens (tertiary/aromatic N) is 2. The number of rotatable bonds is 2. The zero-order valence-corrected chi connectivity index (χ0v) is 13.5. The molecule has 4 nitrogen and oxygen atoms in total. The molecular formula is C14H17BrN2O2S. The van der Waals surface area contributed by atoms with E-state index in [1.54, 1.807) is 12.1 Å². The molecule has 1 aromatic carbocycles. The van der Waals surface area contributed by atoms with Gasteiger partial charge in [-0.25, -0.2) is 0 Å².